The van der Waals surface area contributed by atoms with Crippen molar-refractivity contribution in [3.05, 3.63) is 29.8 Å². The second kappa shape index (κ2) is 9.85. The Labute approximate surface area is 172 Å². The zero-order valence-corrected chi connectivity index (χ0v) is 17.8. The molecule has 2 rings (SSSR count). The average molecular weight is 422 g/mol. The number of rotatable bonds is 7. The Bertz CT molecular complexity index is 884. The first-order valence-corrected chi connectivity index (χ1v) is 11.0. The molecule has 158 valence electrons. The van der Waals surface area contributed by atoms with Crippen molar-refractivity contribution in [3.8, 4) is 6.07 Å². The summed E-state index contributed by atoms with van der Waals surface area (Å²) in [6, 6.07) is 7.61. The molecule has 0 bridgehead atoms. The monoisotopic (exact) mass is 421 g/mol. The Kier molecular flexibility index (Phi) is 7.76. The third-order valence-electron chi connectivity index (χ3n) is 4.85. The number of ether oxygens (including phenoxy) is 1. The molecule has 0 spiro atoms. The number of hydrogen-bond acceptors (Lipinski definition) is 6. The smallest absolute Gasteiger partial charge is 0.338 e. The first-order valence-electron chi connectivity index (χ1n) is 9.53. The number of piperidine rings is 1. The van der Waals surface area contributed by atoms with E-state index in [4.69, 9.17) is 10.00 Å². The van der Waals surface area contributed by atoms with E-state index in [0.29, 0.717) is 13.1 Å². The minimum absolute atomic E-state index is 0.0331. The molecule has 0 N–H and O–H groups in total. The molecule has 1 aliphatic heterocycles. The molecule has 9 heteroatoms. The van der Waals surface area contributed by atoms with Crippen LogP contribution in [-0.2, 0) is 19.6 Å². The number of nitriles is 1. The Morgan fingerprint density at radius 2 is 1.93 bits per heavy atom. The average Bonchev–Trinajstić information content (AvgIpc) is 2.69. The minimum Gasteiger partial charge on any atom is -0.452 e. The standard InChI is InChI=1S/C20H27N3O5S/c1-15-10-16(2)13-23(12-15)29(26,27)18-7-4-6-17(11-18)20(25)28-14-19(24)22(3)9-5-8-21/h4,6-7,11,15-16H,5,9-10,12-14H2,1-3H3. The van der Waals surface area contributed by atoms with Gasteiger partial charge in [-0.15, -0.1) is 0 Å². The fraction of sp³-hybridized carbons (Fsp3) is 0.550. The van der Waals surface area contributed by atoms with Crippen LogP contribution in [0.4, 0.5) is 0 Å². The van der Waals surface area contributed by atoms with Crippen LogP contribution >= 0.6 is 0 Å². The number of carbonyl (C=O) groups excluding carboxylic acids is 2. The molecule has 1 saturated heterocycles. The molecule has 1 aromatic rings. The van der Waals surface area contributed by atoms with Crippen LogP contribution in [0.25, 0.3) is 0 Å². The molecule has 0 saturated carbocycles. The Morgan fingerprint density at radius 1 is 1.28 bits per heavy atom. The summed E-state index contributed by atoms with van der Waals surface area (Å²) in [5.74, 6) is -0.672. The Morgan fingerprint density at radius 3 is 2.55 bits per heavy atom. The van der Waals surface area contributed by atoms with Crippen LogP contribution in [0.2, 0.25) is 0 Å². The highest BCUT2D eigenvalue weighted by Crippen LogP contribution is 2.27. The number of nitrogens with zero attached hydrogens (tertiary/aromatic N) is 3. The SMILES string of the molecule is CC1CC(C)CN(S(=O)(=O)c2cccc(C(=O)OCC(=O)N(C)CCC#N)c2)C1. The number of carbonyl (C=O) groups is 2. The first kappa shape index (κ1) is 22.8. The van der Waals surface area contributed by atoms with Crippen LogP contribution in [-0.4, -0.2) is 62.8 Å². The van der Waals surface area contributed by atoms with Gasteiger partial charge in [0, 0.05) is 26.7 Å². The van der Waals surface area contributed by atoms with Gasteiger partial charge in [-0.25, -0.2) is 13.2 Å². The van der Waals surface area contributed by atoms with Crippen LogP contribution in [0, 0.1) is 23.2 Å². The highest BCUT2D eigenvalue weighted by molar-refractivity contribution is 7.89. The van der Waals surface area contributed by atoms with E-state index >= 15 is 0 Å². The lowest BCUT2D eigenvalue weighted by atomic mass is 9.94. The number of benzene rings is 1. The van der Waals surface area contributed by atoms with E-state index in [2.05, 4.69) is 0 Å². The Balaban J connectivity index is 2.07. The van der Waals surface area contributed by atoms with E-state index in [1.54, 1.807) is 0 Å². The van der Waals surface area contributed by atoms with Crippen molar-refractivity contribution in [3.63, 3.8) is 0 Å². The molecule has 0 aliphatic carbocycles. The van der Waals surface area contributed by atoms with Gasteiger partial charge in [0.2, 0.25) is 10.0 Å². The molecule has 1 aromatic carbocycles. The van der Waals surface area contributed by atoms with Crippen LogP contribution in [0.5, 0.6) is 0 Å². The predicted molar refractivity (Wildman–Crippen MR) is 106 cm³/mol. The van der Waals surface area contributed by atoms with Gasteiger partial charge >= 0.3 is 5.97 Å². The lowest BCUT2D eigenvalue weighted by molar-refractivity contribution is -0.133. The molecule has 1 fully saturated rings. The zero-order valence-electron chi connectivity index (χ0n) is 17.0. The van der Waals surface area contributed by atoms with Gasteiger partial charge in [0.1, 0.15) is 0 Å². The van der Waals surface area contributed by atoms with E-state index in [-0.39, 0.29) is 35.3 Å². The largest absolute Gasteiger partial charge is 0.452 e. The van der Waals surface area contributed by atoms with Crippen molar-refractivity contribution in [1.82, 2.24) is 9.21 Å². The quantitative estimate of drug-likeness (QED) is 0.622. The topological polar surface area (TPSA) is 108 Å². The molecular weight excluding hydrogens is 394 g/mol. The molecule has 1 heterocycles. The molecule has 8 nitrogen and oxygen atoms in total. The number of esters is 1. The van der Waals surface area contributed by atoms with E-state index in [0.717, 1.165) is 6.42 Å². The van der Waals surface area contributed by atoms with Crippen molar-refractivity contribution >= 4 is 21.9 Å². The van der Waals surface area contributed by atoms with Gasteiger partial charge in [-0.05, 0) is 36.5 Å². The van der Waals surface area contributed by atoms with Crippen LogP contribution in [0.15, 0.2) is 29.2 Å². The van der Waals surface area contributed by atoms with Gasteiger partial charge in [0.25, 0.3) is 5.91 Å². The molecule has 1 aliphatic rings. The van der Waals surface area contributed by atoms with Gasteiger partial charge in [0.15, 0.2) is 6.61 Å². The summed E-state index contributed by atoms with van der Waals surface area (Å²) in [7, 11) is -2.20. The van der Waals surface area contributed by atoms with E-state index in [1.165, 1.54) is 40.5 Å². The first-order chi connectivity index (χ1) is 13.6. The maximum atomic E-state index is 13.0. The third-order valence-corrected chi connectivity index (χ3v) is 6.68. The number of sulfonamides is 1. The summed E-state index contributed by atoms with van der Waals surface area (Å²) in [4.78, 5) is 25.5. The van der Waals surface area contributed by atoms with Crippen molar-refractivity contribution in [1.29, 1.82) is 5.26 Å². The fourth-order valence-electron chi connectivity index (χ4n) is 3.40. The lowest BCUT2D eigenvalue weighted by Crippen LogP contribution is -2.42. The molecular formula is C20H27N3O5S. The van der Waals surface area contributed by atoms with Gasteiger partial charge < -0.3 is 9.64 Å². The van der Waals surface area contributed by atoms with Gasteiger partial charge in [0.05, 0.1) is 22.9 Å². The zero-order chi connectivity index (χ0) is 21.6. The predicted octanol–water partition coefficient (Wildman–Crippen LogP) is 1.88. The fourth-order valence-corrected chi connectivity index (χ4v) is 5.12. The van der Waals surface area contributed by atoms with Crippen molar-refractivity contribution in [2.24, 2.45) is 11.8 Å². The molecule has 0 aromatic heterocycles. The summed E-state index contributed by atoms with van der Waals surface area (Å²) < 4.78 is 32.5. The maximum Gasteiger partial charge on any atom is 0.338 e. The van der Waals surface area contributed by atoms with Crippen LogP contribution in [0.3, 0.4) is 0 Å². The summed E-state index contributed by atoms with van der Waals surface area (Å²) in [6.45, 7) is 4.72. The summed E-state index contributed by atoms with van der Waals surface area (Å²) in [5, 5.41) is 8.55. The van der Waals surface area contributed by atoms with E-state index in [9.17, 15) is 18.0 Å². The van der Waals surface area contributed by atoms with Gasteiger partial charge in [-0.2, -0.15) is 9.57 Å². The van der Waals surface area contributed by atoms with Crippen molar-refractivity contribution in [2.75, 3.05) is 33.3 Å². The van der Waals surface area contributed by atoms with Crippen LogP contribution < -0.4 is 0 Å². The van der Waals surface area contributed by atoms with Crippen molar-refractivity contribution < 1.29 is 22.7 Å². The second-order valence-corrected chi connectivity index (χ2v) is 9.53. The summed E-state index contributed by atoms with van der Waals surface area (Å²) >= 11 is 0. The third kappa shape index (κ3) is 6.02. The molecule has 0 radical (unpaired) electrons. The normalized spacial score (nSPS) is 19.9. The number of amides is 1. The summed E-state index contributed by atoms with van der Waals surface area (Å²) in [6.07, 6.45) is 1.17. The Hall–Kier alpha value is -2.44. The number of hydrogen-bond donors (Lipinski definition) is 0. The van der Waals surface area contributed by atoms with Gasteiger partial charge in [-0.3, -0.25) is 4.79 Å². The van der Waals surface area contributed by atoms with E-state index < -0.39 is 28.5 Å². The second-order valence-electron chi connectivity index (χ2n) is 7.60. The van der Waals surface area contributed by atoms with Crippen LogP contribution in [0.1, 0.15) is 37.0 Å². The maximum absolute atomic E-state index is 13.0. The molecule has 29 heavy (non-hydrogen) atoms. The molecule has 1 amide bonds. The minimum atomic E-state index is -3.72. The van der Waals surface area contributed by atoms with Gasteiger partial charge in [-0.1, -0.05) is 19.9 Å². The highest BCUT2D eigenvalue weighted by atomic mass is 32.2. The van der Waals surface area contributed by atoms with Crippen molar-refractivity contribution in [2.45, 2.75) is 31.6 Å². The number of likely N-dealkylation sites (N-methyl/N-ethyl adjacent to an activating group) is 1. The lowest BCUT2D eigenvalue weighted by Gasteiger charge is -2.34. The highest BCUT2D eigenvalue weighted by Gasteiger charge is 2.32. The molecule has 2 unspecified atom stereocenters. The molecule has 2 atom stereocenters. The summed E-state index contributed by atoms with van der Waals surface area (Å²) in [5.41, 5.74) is 0.0664. The van der Waals surface area contributed by atoms with E-state index in [1.807, 2.05) is 19.9 Å².